The van der Waals surface area contributed by atoms with Gasteiger partial charge in [-0.15, -0.1) is 10.2 Å². The first-order chi connectivity index (χ1) is 12.5. The number of benzene rings is 1. The van der Waals surface area contributed by atoms with Crippen LogP contribution in [0.25, 0.3) is 11.5 Å². The Bertz CT molecular complexity index is 821. The SMILES string of the molecule is Cc1ccccc1-c1nnc(S[C@H](C)C(=O)NC2(C#N)CCCCC2)o1. The Labute approximate surface area is 157 Å². The highest BCUT2D eigenvalue weighted by Gasteiger charge is 2.35. The van der Waals surface area contributed by atoms with Crippen LogP contribution in [-0.4, -0.2) is 26.9 Å². The van der Waals surface area contributed by atoms with Gasteiger partial charge in [-0.2, -0.15) is 5.26 Å². The highest BCUT2D eigenvalue weighted by molar-refractivity contribution is 8.00. The molecule has 0 spiro atoms. The van der Waals surface area contributed by atoms with Crippen molar-refractivity contribution in [3.8, 4) is 17.5 Å². The monoisotopic (exact) mass is 370 g/mol. The molecule has 0 aliphatic heterocycles. The van der Waals surface area contributed by atoms with Crippen molar-refractivity contribution < 1.29 is 9.21 Å². The van der Waals surface area contributed by atoms with Gasteiger partial charge in [0.15, 0.2) is 0 Å². The number of nitrogens with zero attached hydrogens (tertiary/aromatic N) is 3. The fourth-order valence-corrected chi connectivity index (χ4v) is 3.82. The minimum Gasteiger partial charge on any atom is -0.411 e. The summed E-state index contributed by atoms with van der Waals surface area (Å²) in [5.41, 5.74) is 1.20. The van der Waals surface area contributed by atoms with E-state index in [1.165, 1.54) is 11.8 Å². The third kappa shape index (κ3) is 4.07. The Morgan fingerprint density at radius 1 is 1.31 bits per heavy atom. The van der Waals surface area contributed by atoms with Gasteiger partial charge in [-0.1, -0.05) is 49.2 Å². The average molecular weight is 370 g/mol. The third-order valence-corrected chi connectivity index (χ3v) is 5.65. The molecule has 1 N–H and O–H groups in total. The maximum absolute atomic E-state index is 12.5. The summed E-state index contributed by atoms with van der Waals surface area (Å²) < 4.78 is 5.71. The minimum atomic E-state index is -0.731. The lowest BCUT2D eigenvalue weighted by atomic mass is 9.83. The van der Waals surface area contributed by atoms with Crippen LogP contribution >= 0.6 is 11.8 Å². The summed E-state index contributed by atoms with van der Waals surface area (Å²) in [7, 11) is 0. The number of hydrogen-bond acceptors (Lipinski definition) is 6. The number of rotatable bonds is 5. The van der Waals surface area contributed by atoms with Crippen LogP contribution in [0, 0.1) is 18.3 Å². The molecule has 7 heteroatoms. The molecule has 1 heterocycles. The predicted molar refractivity (Wildman–Crippen MR) is 99.4 cm³/mol. The number of carbonyl (C=O) groups excluding carboxylic acids is 1. The van der Waals surface area contributed by atoms with Crippen LogP contribution in [0.2, 0.25) is 0 Å². The van der Waals surface area contributed by atoms with E-state index in [9.17, 15) is 10.1 Å². The number of thioether (sulfide) groups is 1. The molecular weight excluding hydrogens is 348 g/mol. The van der Waals surface area contributed by atoms with E-state index < -0.39 is 10.8 Å². The fraction of sp³-hybridized carbons (Fsp3) is 0.474. The molecule has 1 saturated carbocycles. The third-order valence-electron chi connectivity index (χ3n) is 4.71. The summed E-state index contributed by atoms with van der Waals surface area (Å²) in [6.45, 7) is 3.76. The topological polar surface area (TPSA) is 91.8 Å². The van der Waals surface area contributed by atoms with E-state index in [0.29, 0.717) is 24.0 Å². The molecule has 1 amide bonds. The van der Waals surface area contributed by atoms with Crippen LogP contribution in [0.3, 0.4) is 0 Å². The molecule has 26 heavy (non-hydrogen) atoms. The first kappa shape index (κ1) is 18.5. The molecule has 1 aliphatic rings. The first-order valence-electron chi connectivity index (χ1n) is 8.82. The van der Waals surface area contributed by atoms with E-state index in [1.807, 2.05) is 31.2 Å². The summed E-state index contributed by atoms with van der Waals surface area (Å²) in [6.07, 6.45) is 4.49. The van der Waals surface area contributed by atoms with Gasteiger partial charge in [-0.05, 0) is 38.3 Å². The highest BCUT2D eigenvalue weighted by Crippen LogP contribution is 2.30. The van der Waals surface area contributed by atoms with Crippen molar-refractivity contribution in [2.45, 2.75) is 62.0 Å². The Morgan fingerprint density at radius 3 is 2.73 bits per heavy atom. The quantitative estimate of drug-likeness (QED) is 0.803. The number of nitriles is 1. The Hall–Kier alpha value is -2.33. The zero-order valence-electron chi connectivity index (χ0n) is 15.0. The predicted octanol–water partition coefficient (Wildman–Crippen LogP) is 3.87. The molecule has 0 unspecified atom stereocenters. The summed E-state index contributed by atoms with van der Waals surface area (Å²) >= 11 is 1.21. The molecule has 0 saturated heterocycles. The number of hydrogen-bond donors (Lipinski definition) is 1. The van der Waals surface area contributed by atoms with Crippen molar-refractivity contribution in [2.24, 2.45) is 0 Å². The molecule has 3 rings (SSSR count). The van der Waals surface area contributed by atoms with Crippen LogP contribution in [0.1, 0.15) is 44.6 Å². The van der Waals surface area contributed by atoms with Gasteiger partial charge in [-0.25, -0.2) is 0 Å². The van der Waals surface area contributed by atoms with Crippen molar-refractivity contribution >= 4 is 17.7 Å². The zero-order chi connectivity index (χ0) is 18.6. The molecular formula is C19H22N4O2S. The van der Waals surface area contributed by atoms with Gasteiger partial charge in [0.1, 0.15) is 5.54 Å². The maximum atomic E-state index is 12.5. The van der Waals surface area contributed by atoms with Crippen LogP contribution in [0.4, 0.5) is 0 Å². The molecule has 0 radical (unpaired) electrons. The van der Waals surface area contributed by atoms with Gasteiger partial charge in [0, 0.05) is 5.56 Å². The van der Waals surface area contributed by atoms with E-state index in [-0.39, 0.29) is 5.91 Å². The van der Waals surface area contributed by atoms with Crippen LogP contribution in [0.15, 0.2) is 33.9 Å². The van der Waals surface area contributed by atoms with E-state index in [2.05, 4.69) is 21.6 Å². The molecule has 1 aromatic heterocycles. The lowest BCUT2D eigenvalue weighted by molar-refractivity contribution is -0.122. The second kappa shape index (κ2) is 7.92. The lowest BCUT2D eigenvalue weighted by Gasteiger charge is -2.32. The maximum Gasteiger partial charge on any atom is 0.277 e. The Morgan fingerprint density at radius 2 is 2.04 bits per heavy atom. The Balaban J connectivity index is 1.65. The standard InChI is InChI=1S/C19H22N4O2S/c1-13-8-4-5-9-15(13)17-22-23-18(25-17)26-14(2)16(24)21-19(12-20)10-6-3-7-11-19/h4-5,8-9,14H,3,6-7,10-11H2,1-2H3,(H,21,24)/t14-/m1/s1. The molecule has 1 fully saturated rings. The number of carbonyl (C=O) groups is 1. The van der Waals surface area contributed by atoms with Crippen LogP contribution in [0.5, 0.6) is 0 Å². The first-order valence-corrected chi connectivity index (χ1v) is 9.70. The zero-order valence-corrected chi connectivity index (χ0v) is 15.8. The number of nitrogens with one attached hydrogen (secondary N) is 1. The summed E-state index contributed by atoms with van der Waals surface area (Å²) in [4.78, 5) is 12.5. The van der Waals surface area contributed by atoms with E-state index >= 15 is 0 Å². The molecule has 1 aromatic carbocycles. The molecule has 136 valence electrons. The van der Waals surface area contributed by atoms with Gasteiger partial charge in [0.05, 0.1) is 11.3 Å². The Kier molecular flexibility index (Phi) is 5.62. The van der Waals surface area contributed by atoms with Gasteiger partial charge >= 0.3 is 0 Å². The van der Waals surface area contributed by atoms with Crippen molar-refractivity contribution in [2.75, 3.05) is 0 Å². The molecule has 0 bridgehead atoms. The second-order valence-electron chi connectivity index (χ2n) is 6.69. The average Bonchev–Trinajstić information content (AvgIpc) is 3.11. The normalized spacial score (nSPS) is 17.3. The fourth-order valence-electron chi connectivity index (χ4n) is 3.14. The largest absolute Gasteiger partial charge is 0.411 e. The van der Waals surface area contributed by atoms with Crippen molar-refractivity contribution in [1.82, 2.24) is 15.5 Å². The number of aromatic nitrogens is 2. The second-order valence-corrected chi connectivity index (χ2v) is 7.98. The van der Waals surface area contributed by atoms with Crippen LogP contribution in [-0.2, 0) is 4.79 Å². The van der Waals surface area contributed by atoms with Gasteiger partial charge in [0.25, 0.3) is 5.22 Å². The van der Waals surface area contributed by atoms with Gasteiger partial charge < -0.3 is 9.73 Å². The summed E-state index contributed by atoms with van der Waals surface area (Å²) in [5.74, 6) is 0.271. The number of aryl methyl sites for hydroxylation is 1. The molecule has 1 atom stereocenters. The van der Waals surface area contributed by atoms with Gasteiger partial charge in [-0.3, -0.25) is 4.79 Å². The van der Waals surface area contributed by atoms with Crippen LogP contribution < -0.4 is 5.32 Å². The minimum absolute atomic E-state index is 0.172. The molecule has 6 nitrogen and oxygen atoms in total. The summed E-state index contributed by atoms with van der Waals surface area (Å²) in [6, 6.07) is 10.1. The molecule has 2 aromatic rings. The smallest absolute Gasteiger partial charge is 0.277 e. The highest BCUT2D eigenvalue weighted by atomic mass is 32.2. The molecule has 1 aliphatic carbocycles. The van der Waals surface area contributed by atoms with E-state index in [1.54, 1.807) is 6.92 Å². The van der Waals surface area contributed by atoms with Crippen molar-refractivity contribution in [3.05, 3.63) is 29.8 Å². The number of amides is 1. The van der Waals surface area contributed by atoms with E-state index in [4.69, 9.17) is 4.42 Å². The van der Waals surface area contributed by atoms with E-state index in [0.717, 1.165) is 30.4 Å². The van der Waals surface area contributed by atoms with Gasteiger partial charge in [0.2, 0.25) is 11.8 Å². The lowest BCUT2D eigenvalue weighted by Crippen LogP contribution is -2.50. The summed E-state index contributed by atoms with van der Waals surface area (Å²) in [5, 5.41) is 20.5. The van der Waals surface area contributed by atoms with Crippen molar-refractivity contribution in [3.63, 3.8) is 0 Å². The van der Waals surface area contributed by atoms with Crippen molar-refractivity contribution in [1.29, 1.82) is 5.26 Å².